The van der Waals surface area contributed by atoms with Gasteiger partial charge in [-0.3, -0.25) is 0 Å². The summed E-state index contributed by atoms with van der Waals surface area (Å²) in [6.45, 7) is 3.37. The van der Waals surface area contributed by atoms with Gasteiger partial charge in [-0.2, -0.15) is 0 Å². The second-order valence-electron chi connectivity index (χ2n) is 4.26. The van der Waals surface area contributed by atoms with Crippen molar-refractivity contribution in [3.05, 3.63) is 59.4 Å². The van der Waals surface area contributed by atoms with Crippen molar-refractivity contribution in [2.24, 2.45) is 5.73 Å². The molecule has 2 aromatic rings. The lowest BCUT2D eigenvalue weighted by molar-refractivity contribution is 0.0514. The summed E-state index contributed by atoms with van der Waals surface area (Å²) >= 11 is 0. The molecular formula is C15H18N2O2. The third-order valence-corrected chi connectivity index (χ3v) is 2.93. The molecule has 0 fully saturated rings. The molecule has 0 atom stereocenters. The number of aromatic nitrogens is 1. The van der Waals surface area contributed by atoms with E-state index in [2.05, 4.69) is 0 Å². The molecule has 0 saturated heterocycles. The van der Waals surface area contributed by atoms with Gasteiger partial charge in [0.25, 0.3) is 0 Å². The number of carbonyl (C=O) groups is 1. The Morgan fingerprint density at radius 2 is 1.89 bits per heavy atom. The van der Waals surface area contributed by atoms with E-state index in [0.29, 0.717) is 25.4 Å². The molecule has 0 spiro atoms. The van der Waals surface area contributed by atoms with Crippen LogP contribution >= 0.6 is 0 Å². The fraction of sp³-hybridized carbons (Fsp3) is 0.267. The van der Waals surface area contributed by atoms with Crippen LogP contribution in [0.15, 0.2) is 42.6 Å². The number of hydrogen-bond acceptors (Lipinski definition) is 3. The van der Waals surface area contributed by atoms with Crippen LogP contribution in [0, 0.1) is 0 Å². The predicted octanol–water partition coefficient (Wildman–Crippen LogP) is 2.17. The van der Waals surface area contributed by atoms with Crippen LogP contribution in [0.25, 0.3) is 0 Å². The maximum Gasteiger partial charge on any atom is 0.354 e. The van der Waals surface area contributed by atoms with Crippen LogP contribution < -0.4 is 5.73 Å². The zero-order valence-electron chi connectivity index (χ0n) is 11.0. The van der Waals surface area contributed by atoms with E-state index in [1.807, 2.05) is 41.1 Å². The normalized spacial score (nSPS) is 10.4. The van der Waals surface area contributed by atoms with Gasteiger partial charge in [0.1, 0.15) is 5.69 Å². The minimum Gasteiger partial charge on any atom is -0.461 e. The van der Waals surface area contributed by atoms with E-state index in [0.717, 1.165) is 11.1 Å². The minimum absolute atomic E-state index is 0.286. The third-order valence-electron chi connectivity index (χ3n) is 2.93. The fourth-order valence-electron chi connectivity index (χ4n) is 1.92. The highest BCUT2D eigenvalue weighted by atomic mass is 16.5. The van der Waals surface area contributed by atoms with Crippen LogP contribution in [0.1, 0.15) is 28.5 Å². The smallest absolute Gasteiger partial charge is 0.354 e. The summed E-state index contributed by atoms with van der Waals surface area (Å²) in [7, 11) is 0. The van der Waals surface area contributed by atoms with Gasteiger partial charge in [-0.1, -0.05) is 24.3 Å². The Hall–Kier alpha value is -2.07. The van der Waals surface area contributed by atoms with E-state index >= 15 is 0 Å². The van der Waals surface area contributed by atoms with Crippen LogP contribution in [-0.4, -0.2) is 17.1 Å². The van der Waals surface area contributed by atoms with Crippen LogP contribution in [0.2, 0.25) is 0 Å². The molecule has 0 saturated carbocycles. The van der Waals surface area contributed by atoms with E-state index in [-0.39, 0.29) is 5.97 Å². The summed E-state index contributed by atoms with van der Waals surface area (Å²) in [6.07, 6.45) is 1.88. The van der Waals surface area contributed by atoms with E-state index in [1.165, 1.54) is 0 Å². The molecule has 0 bridgehead atoms. The van der Waals surface area contributed by atoms with Crippen LogP contribution in [0.5, 0.6) is 0 Å². The molecule has 4 heteroatoms. The van der Waals surface area contributed by atoms with Gasteiger partial charge in [-0.25, -0.2) is 4.79 Å². The average molecular weight is 258 g/mol. The molecule has 0 aliphatic heterocycles. The zero-order chi connectivity index (χ0) is 13.7. The van der Waals surface area contributed by atoms with Crippen molar-refractivity contribution < 1.29 is 9.53 Å². The number of nitrogens with two attached hydrogens (primary N) is 1. The lowest BCUT2D eigenvalue weighted by Gasteiger charge is -2.09. The number of carbonyl (C=O) groups excluding carboxylic acids is 1. The topological polar surface area (TPSA) is 57.2 Å². The summed E-state index contributed by atoms with van der Waals surface area (Å²) in [5.74, 6) is -0.286. The maximum absolute atomic E-state index is 11.8. The SMILES string of the molecule is CCOC(=O)c1cccn1Cc1ccc(CN)cc1. The van der Waals surface area contributed by atoms with Crippen molar-refractivity contribution >= 4 is 5.97 Å². The summed E-state index contributed by atoms with van der Waals surface area (Å²) in [4.78, 5) is 11.8. The van der Waals surface area contributed by atoms with Gasteiger partial charge in [0, 0.05) is 19.3 Å². The molecule has 4 nitrogen and oxygen atoms in total. The molecular weight excluding hydrogens is 240 g/mol. The highest BCUT2D eigenvalue weighted by Crippen LogP contribution is 2.10. The summed E-state index contributed by atoms with van der Waals surface area (Å²) in [6, 6.07) is 11.7. The van der Waals surface area contributed by atoms with Crippen molar-refractivity contribution in [1.29, 1.82) is 0 Å². The first-order valence-corrected chi connectivity index (χ1v) is 6.34. The average Bonchev–Trinajstić information content (AvgIpc) is 2.88. The fourth-order valence-corrected chi connectivity index (χ4v) is 1.92. The second-order valence-corrected chi connectivity index (χ2v) is 4.26. The highest BCUT2D eigenvalue weighted by molar-refractivity contribution is 5.87. The molecule has 0 unspecified atom stereocenters. The molecule has 1 heterocycles. The Bertz CT molecular complexity index is 544. The maximum atomic E-state index is 11.8. The predicted molar refractivity (Wildman–Crippen MR) is 73.8 cm³/mol. The first-order valence-electron chi connectivity index (χ1n) is 6.34. The summed E-state index contributed by atoms with van der Waals surface area (Å²) < 4.78 is 6.91. The third kappa shape index (κ3) is 3.23. The summed E-state index contributed by atoms with van der Waals surface area (Å²) in [5.41, 5.74) is 8.36. The molecule has 0 radical (unpaired) electrons. The Morgan fingerprint density at radius 3 is 2.53 bits per heavy atom. The van der Waals surface area contributed by atoms with Crippen LogP contribution in [-0.2, 0) is 17.8 Å². The zero-order valence-corrected chi connectivity index (χ0v) is 11.0. The number of rotatable bonds is 5. The van der Waals surface area contributed by atoms with Crippen LogP contribution in [0.3, 0.4) is 0 Å². The Kier molecular flexibility index (Phi) is 4.36. The summed E-state index contributed by atoms with van der Waals surface area (Å²) in [5, 5.41) is 0. The van der Waals surface area contributed by atoms with E-state index in [1.54, 1.807) is 13.0 Å². The van der Waals surface area contributed by atoms with Crippen molar-refractivity contribution in [3.8, 4) is 0 Å². The molecule has 1 aromatic heterocycles. The first kappa shape index (κ1) is 13.4. The van der Waals surface area contributed by atoms with Gasteiger partial charge in [0.2, 0.25) is 0 Å². The van der Waals surface area contributed by atoms with Gasteiger partial charge >= 0.3 is 5.97 Å². The van der Waals surface area contributed by atoms with Crippen molar-refractivity contribution in [2.45, 2.75) is 20.0 Å². The molecule has 2 rings (SSSR count). The number of nitrogens with zero attached hydrogens (tertiary/aromatic N) is 1. The monoisotopic (exact) mass is 258 g/mol. The molecule has 2 N–H and O–H groups in total. The Labute approximate surface area is 112 Å². The van der Waals surface area contributed by atoms with Crippen molar-refractivity contribution in [3.63, 3.8) is 0 Å². The van der Waals surface area contributed by atoms with Gasteiger partial charge in [-0.05, 0) is 30.2 Å². The standard InChI is InChI=1S/C15H18N2O2/c1-2-19-15(18)14-4-3-9-17(14)11-13-7-5-12(10-16)6-8-13/h3-9H,2,10-11,16H2,1H3. The second kappa shape index (κ2) is 6.20. The van der Waals surface area contributed by atoms with E-state index in [9.17, 15) is 4.79 Å². The number of hydrogen-bond donors (Lipinski definition) is 1. The van der Waals surface area contributed by atoms with Crippen LogP contribution in [0.4, 0.5) is 0 Å². The largest absolute Gasteiger partial charge is 0.461 e. The van der Waals surface area contributed by atoms with Crippen molar-refractivity contribution in [1.82, 2.24) is 4.57 Å². The number of benzene rings is 1. The van der Waals surface area contributed by atoms with Crippen molar-refractivity contribution in [2.75, 3.05) is 6.61 Å². The lowest BCUT2D eigenvalue weighted by atomic mass is 10.1. The molecule has 0 aliphatic rings. The lowest BCUT2D eigenvalue weighted by Crippen LogP contribution is -2.12. The minimum atomic E-state index is -0.286. The highest BCUT2D eigenvalue weighted by Gasteiger charge is 2.11. The van der Waals surface area contributed by atoms with Gasteiger partial charge in [-0.15, -0.1) is 0 Å². The van der Waals surface area contributed by atoms with E-state index in [4.69, 9.17) is 10.5 Å². The van der Waals surface area contributed by atoms with Gasteiger partial charge in [0.05, 0.1) is 6.61 Å². The molecule has 1 aromatic carbocycles. The molecule has 19 heavy (non-hydrogen) atoms. The Morgan fingerprint density at radius 1 is 1.21 bits per heavy atom. The van der Waals surface area contributed by atoms with Gasteiger partial charge < -0.3 is 15.0 Å². The first-order chi connectivity index (χ1) is 9.24. The molecule has 0 amide bonds. The number of esters is 1. The Balaban J connectivity index is 2.14. The molecule has 0 aliphatic carbocycles. The van der Waals surface area contributed by atoms with E-state index < -0.39 is 0 Å². The number of ether oxygens (including phenoxy) is 1. The quantitative estimate of drug-likeness (QED) is 0.836. The van der Waals surface area contributed by atoms with Gasteiger partial charge in [0.15, 0.2) is 0 Å². The molecule has 100 valence electrons.